The third-order valence-electron chi connectivity index (χ3n) is 4.23. The first-order valence-electron chi connectivity index (χ1n) is 7.92. The monoisotopic (exact) mass is 318 g/mol. The molecule has 0 bridgehead atoms. The molecule has 0 saturated carbocycles. The fraction of sp³-hybridized carbons (Fsp3) is 0.471. The lowest BCUT2D eigenvalue weighted by atomic mass is 10.1. The average molecular weight is 318 g/mol. The third-order valence-corrected chi connectivity index (χ3v) is 4.23. The van der Waals surface area contributed by atoms with Crippen molar-refractivity contribution in [3.63, 3.8) is 0 Å². The molecule has 1 aliphatic heterocycles. The van der Waals surface area contributed by atoms with Crippen molar-refractivity contribution in [3.8, 4) is 0 Å². The van der Waals surface area contributed by atoms with Crippen molar-refractivity contribution >= 4 is 17.8 Å². The number of carbonyl (C=O) groups is 3. The number of hydrogen-bond acceptors (Lipinski definition) is 3. The molecule has 1 heterocycles. The van der Waals surface area contributed by atoms with Crippen molar-refractivity contribution in [1.29, 1.82) is 0 Å². The van der Waals surface area contributed by atoms with Gasteiger partial charge in [-0.15, -0.1) is 0 Å². The highest BCUT2D eigenvalue weighted by atomic mass is 16.4. The molecule has 23 heavy (non-hydrogen) atoms. The predicted molar refractivity (Wildman–Crippen MR) is 85.4 cm³/mol. The van der Waals surface area contributed by atoms with Crippen molar-refractivity contribution in [1.82, 2.24) is 9.80 Å². The summed E-state index contributed by atoms with van der Waals surface area (Å²) in [5.74, 6) is -1.33. The molecule has 124 valence electrons. The van der Waals surface area contributed by atoms with Crippen LogP contribution in [0.2, 0.25) is 0 Å². The highest BCUT2D eigenvalue weighted by Gasteiger charge is 2.34. The van der Waals surface area contributed by atoms with E-state index >= 15 is 0 Å². The number of carboxylic acids is 1. The summed E-state index contributed by atoms with van der Waals surface area (Å²) in [6.07, 6.45) is 1.18. The molecular formula is C17H22N2O4. The Kier molecular flexibility index (Phi) is 5.36. The van der Waals surface area contributed by atoms with Crippen LogP contribution in [0.5, 0.6) is 0 Å². The van der Waals surface area contributed by atoms with Crippen LogP contribution < -0.4 is 0 Å². The van der Waals surface area contributed by atoms with Gasteiger partial charge in [0.2, 0.25) is 0 Å². The first-order valence-corrected chi connectivity index (χ1v) is 7.92. The van der Waals surface area contributed by atoms with E-state index in [1.165, 1.54) is 4.90 Å². The van der Waals surface area contributed by atoms with Gasteiger partial charge in [0.15, 0.2) is 0 Å². The predicted octanol–water partition coefficient (Wildman–Crippen LogP) is 1.86. The van der Waals surface area contributed by atoms with Crippen LogP contribution in [-0.2, 0) is 4.79 Å². The van der Waals surface area contributed by atoms with E-state index in [1.807, 2.05) is 13.8 Å². The minimum absolute atomic E-state index is 0.0708. The van der Waals surface area contributed by atoms with Crippen LogP contribution in [-0.4, -0.2) is 58.4 Å². The van der Waals surface area contributed by atoms with E-state index in [9.17, 15) is 14.4 Å². The number of benzene rings is 1. The molecule has 6 nitrogen and oxygen atoms in total. The molecule has 1 saturated heterocycles. The number of aliphatic carboxylic acids is 1. The molecule has 1 aromatic carbocycles. The normalized spacial score (nSPS) is 17.1. The highest BCUT2D eigenvalue weighted by molar-refractivity contribution is 5.99. The van der Waals surface area contributed by atoms with Crippen molar-refractivity contribution in [3.05, 3.63) is 35.4 Å². The third kappa shape index (κ3) is 3.52. The second-order valence-corrected chi connectivity index (χ2v) is 5.55. The summed E-state index contributed by atoms with van der Waals surface area (Å²) < 4.78 is 0. The topological polar surface area (TPSA) is 77.9 Å². The van der Waals surface area contributed by atoms with Crippen LogP contribution in [0.1, 0.15) is 47.4 Å². The fourth-order valence-corrected chi connectivity index (χ4v) is 2.88. The minimum atomic E-state index is -0.968. The number of hydrogen-bond donors (Lipinski definition) is 1. The maximum Gasteiger partial charge on any atom is 0.326 e. The lowest BCUT2D eigenvalue weighted by Gasteiger charge is -2.22. The molecule has 1 aliphatic rings. The minimum Gasteiger partial charge on any atom is -0.480 e. The van der Waals surface area contributed by atoms with E-state index in [2.05, 4.69) is 0 Å². The van der Waals surface area contributed by atoms with Gasteiger partial charge in [-0.2, -0.15) is 0 Å². The van der Waals surface area contributed by atoms with Crippen LogP contribution in [0.4, 0.5) is 0 Å². The van der Waals surface area contributed by atoms with Gasteiger partial charge in [0, 0.05) is 30.8 Å². The molecule has 1 atom stereocenters. The van der Waals surface area contributed by atoms with Gasteiger partial charge in [0.1, 0.15) is 6.04 Å². The maximum atomic E-state index is 12.5. The SMILES string of the molecule is CCN(CC)C(=O)c1ccc(C(=O)N2CCCC2C(=O)O)cc1. The van der Waals surface area contributed by atoms with Gasteiger partial charge in [-0.1, -0.05) is 0 Å². The Morgan fingerprint density at radius 1 is 1.13 bits per heavy atom. The van der Waals surface area contributed by atoms with E-state index in [1.54, 1.807) is 29.2 Å². The Morgan fingerprint density at radius 3 is 2.22 bits per heavy atom. The zero-order valence-corrected chi connectivity index (χ0v) is 13.5. The second-order valence-electron chi connectivity index (χ2n) is 5.55. The van der Waals surface area contributed by atoms with Crippen molar-refractivity contribution in [2.45, 2.75) is 32.7 Å². The average Bonchev–Trinajstić information content (AvgIpc) is 3.05. The maximum absolute atomic E-state index is 12.5. The van der Waals surface area contributed by atoms with Gasteiger partial charge in [-0.25, -0.2) is 4.79 Å². The van der Waals surface area contributed by atoms with Crippen LogP contribution in [0.15, 0.2) is 24.3 Å². The molecule has 1 unspecified atom stereocenters. The van der Waals surface area contributed by atoms with Gasteiger partial charge in [0.25, 0.3) is 11.8 Å². The summed E-state index contributed by atoms with van der Waals surface area (Å²) in [6.45, 7) is 5.54. The lowest BCUT2D eigenvalue weighted by molar-refractivity contribution is -0.141. The van der Waals surface area contributed by atoms with Gasteiger partial charge >= 0.3 is 5.97 Å². The number of rotatable bonds is 5. The van der Waals surface area contributed by atoms with Gasteiger partial charge in [-0.3, -0.25) is 9.59 Å². The summed E-state index contributed by atoms with van der Waals surface area (Å²) in [4.78, 5) is 39.0. The van der Waals surface area contributed by atoms with Gasteiger partial charge < -0.3 is 14.9 Å². The zero-order chi connectivity index (χ0) is 17.0. The van der Waals surface area contributed by atoms with Gasteiger partial charge in [0.05, 0.1) is 0 Å². The van der Waals surface area contributed by atoms with Crippen molar-refractivity contribution < 1.29 is 19.5 Å². The molecule has 6 heteroatoms. The fourth-order valence-electron chi connectivity index (χ4n) is 2.88. The molecule has 2 rings (SSSR count). The smallest absolute Gasteiger partial charge is 0.326 e. The molecule has 0 radical (unpaired) electrons. The molecule has 1 fully saturated rings. The molecule has 0 aliphatic carbocycles. The summed E-state index contributed by atoms with van der Waals surface area (Å²) in [6, 6.07) is 5.69. The van der Waals surface area contributed by atoms with Crippen molar-refractivity contribution in [2.75, 3.05) is 19.6 Å². The first-order chi connectivity index (χ1) is 11.0. The van der Waals surface area contributed by atoms with E-state index in [0.29, 0.717) is 43.6 Å². The van der Waals surface area contributed by atoms with Crippen LogP contribution in [0, 0.1) is 0 Å². The van der Waals surface area contributed by atoms with E-state index in [4.69, 9.17) is 5.11 Å². The molecular weight excluding hydrogens is 296 g/mol. The van der Waals surface area contributed by atoms with Gasteiger partial charge in [-0.05, 0) is 51.0 Å². The Labute approximate surface area is 135 Å². The van der Waals surface area contributed by atoms with Crippen LogP contribution in [0.25, 0.3) is 0 Å². The zero-order valence-electron chi connectivity index (χ0n) is 13.5. The number of nitrogens with zero attached hydrogens (tertiary/aromatic N) is 2. The number of carbonyl (C=O) groups excluding carboxylic acids is 2. The quantitative estimate of drug-likeness (QED) is 0.899. The molecule has 0 spiro atoms. The first kappa shape index (κ1) is 17.0. The summed E-state index contributed by atoms with van der Waals surface area (Å²) >= 11 is 0. The Morgan fingerprint density at radius 2 is 1.70 bits per heavy atom. The molecule has 2 amide bonds. The Bertz CT molecular complexity index is 593. The molecule has 1 aromatic rings. The molecule has 0 aromatic heterocycles. The van der Waals surface area contributed by atoms with E-state index in [-0.39, 0.29) is 11.8 Å². The number of likely N-dealkylation sites (tertiary alicyclic amines) is 1. The van der Waals surface area contributed by atoms with E-state index in [0.717, 1.165) is 0 Å². The van der Waals surface area contributed by atoms with Crippen molar-refractivity contribution in [2.24, 2.45) is 0 Å². The summed E-state index contributed by atoms with van der Waals surface area (Å²) in [5.41, 5.74) is 0.940. The lowest BCUT2D eigenvalue weighted by Crippen LogP contribution is -2.40. The largest absolute Gasteiger partial charge is 0.480 e. The van der Waals surface area contributed by atoms with Crippen LogP contribution >= 0.6 is 0 Å². The standard InChI is InChI=1S/C17H22N2O4/c1-3-18(4-2)15(20)12-7-9-13(10-8-12)16(21)19-11-5-6-14(19)17(22)23/h7-10,14H,3-6,11H2,1-2H3,(H,22,23). The Balaban J connectivity index is 2.14. The number of carboxylic acid groups (broad SMARTS) is 1. The Hall–Kier alpha value is -2.37. The summed E-state index contributed by atoms with van der Waals surface area (Å²) in [7, 11) is 0. The highest BCUT2D eigenvalue weighted by Crippen LogP contribution is 2.20. The number of amides is 2. The second kappa shape index (κ2) is 7.26. The van der Waals surface area contributed by atoms with E-state index < -0.39 is 12.0 Å². The summed E-state index contributed by atoms with van der Waals surface area (Å²) in [5, 5.41) is 9.17. The van der Waals surface area contributed by atoms with Crippen LogP contribution in [0.3, 0.4) is 0 Å². The molecule has 1 N–H and O–H groups in total.